The Morgan fingerprint density at radius 2 is 1.41 bits per heavy atom. The number of nitrogens with zero attached hydrogens (tertiary/aromatic N) is 3. The van der Waals surface area contributed by atoms with Crippen LogP contribution in [-0.4, -0.2) is 37.0 Å². The quantitative estimate of drug-likeness (QED) is 0.120. The van der Waals surface area contributed by atoms with E-state index >= 15 is 0 Å². The summed E-state index contributed by atoms with van der Waals surface area (Å²) in [5.41, 5.74) is 0.683. The van der Waals surface area contributed by atoms with Gasteiger partial charge in [0.2, 0.25) is 11.7 Å². The highest BCUT2D eigenvalue weighted by atomic mass is 19.2. The largest absolute Gasteiger partial charge is 0.368 e. The maximum atomic E-state index is 14.1. The number of nitro benzene ring substituents is 1. The average molecular weight is 518 g/mol. The van der Waals surface area contributed by atoms with Crippen molar-refractivity contribution in [1.82, 2.24) is 0 Å². The summed E-state index contributed by atoms with van der Waals surface area (Å²) in [6.07, 6.45) is 2.69. The van der Waals surface area contributed by atoms with Gasteiger partial charge in [-0.15, -0.1) is 0 Å². The maximum Gasteiger partial charge on any atom is 0.270 e. The van der Waals surface area contributed by atoms with Gasteiger partial charge in [-0.1, -0.05) is 12.1 Å². The lowest BCUT2D eigenvalue weighted by atomic mass is 10.2. The van der Waals surface area contributed by atoms with Crippen LogP contribution in [0, 0.1) is 39.2 Å². The third-order valence-corrected chi connectivity index (χ3v) is 5.79. The molecule has 0 unspecified atom stereocenters. The molecule has 0 spiro atoms. The highest BCUT2D eigenvalue weighted by molar-refractivity contribution is 6.02. The van der Waals surface area contributed by atoms with Crippen LogP contribution in [0.15, 0.2) is 54.6 Å². The van der Waals surface area contributed by atoms with Gasteiger partial charge in [0, 0.05) is 55.8 Å². The normalized spacial score (nSPS) is 13.8. The smallest absolute Gasteiger partial charge is 0.270 e. The molecule has 1 fully saturated rings. The number of hydrogen-bond acceptors (Lipinski definition) is 5. The predicted octanol–water partition coefficient (Wildman–Crippen LogP) is 5.27. The molecule has 192 valence electrons. The van der Waals surface area contributed by atoms with E-state index in [9.17, 15) is 36.9 Å². The molecule has 1 heterocycles. The topological polar surface area (TPSA) is 78.7 Å². The minimum Gasteiger partial charge on any atom is -0.368 e. The third kappa shape index (κ3) is 5.52. The number of carbonyl (C=O) groups is 1. The molecule has 7 nitrogen and oxygen atoms in total. The molecule has 3 aromatic carbocycles. The minimum absolute atomic E-state index is 0.0271. The van der Waals surface area contributed by atoms with Crippen molar-refractivity contribution in [2.45, 2.75) is 0 Å². The van der Waals surface area contributed by atoms with Gasteiger partial charge in [0.1, 0.15) is 5.69 Å². The molecule has 37 heavy (non-hydrogen) atoms. The second kappa shape index (κ2) is 10.6. The molecule has 0 aromatic heterocycles. The Bertz CT molecular complexity index is 1340. The van der Waals surface area contributed by atoms with E-state index in [1.54, 1.807) is 30.3 Å². The first kappa shape index (κ1) is 25.6. The molecule has 0 radical (unpaired) electrons. The summed E-state index contributed by atoms with van der Waals surface area (Å²) in [5, 5.41) is 13.5. The summed E-state index contributed by atoms with van der Waals surface area (Å²) in [6.45, 7) is 0.576. The van der Waals surface area contributed by atoms with Crippen molar-refractivity contribution in [3.05, 3.63) is 99.4 Å². The Kier molecular flexibility index (Phi) is 7.37. The Labute approximate surface area is 207 Å². The summed E-state index contributed by atoms with van der Waals surface area (Å²) in [4.78, 5) is 25.5. The maximum absolute atomic E-state index is 14.1. The molecule has 1 aliphatic rings. The predicted molar refractivity (Wildman–Crippen MR) is 128 cm³/mol. The van der Waals surface area contributed by atoms with E-state index in [-0.39, 0.29) is 31.9 Å². The Hall–Kier alpha value is -4.48. The molecule has 0 bridgehead atoms. The Balaban J connectivity index is 1.36. The molecule has 4 rings (SSSR count). The van der Waals surface area contributed by atoms with Gasteiger partial charge >= 0.3 is 0 Å². The van der Waals surface area contributed by atoms with Crippen LogP contribution in [0.5, 0.6) is 0 Å². The standard InChI is InChI=1S/C25H19F5N4O3/c26-20-21(27)23(29)25(24(30)22(20)28)33-12-10-32(11-13-33)17-7-5-16(6-8-17)31-19(35)9-4-15-2-1-3-18(14-15)34(36)37/h1-9,14H,10-13H2,(H,31,35). The van der Waals surface area contributed by atoms with E-state index in [0.717, 1.165) is 10.6 Å². The SMILES string of the molecule is O=C(C=Cc1cccc([N+](=O)[O-])c1)Nc1ccc(N2CCN(c3c(F)c(F)c(F)c(F)c3F)CC2)cc1. The van der Waals surface area contributed by atoms with E-state index in [4.69, 9.17) is 0 Å². The van der Waals surface area contributed by atoms with Gasteiger partial charge in [-0.05, 0) is 35.9 Å². The minimum atomic E-state index is -2.19. The zero-order chi connectivity index (χ0) is 26.7. The van der Waals surface area contributed by atoms with Crippen molar-refractivity contribution in [2.75, 3.05) is 41.3 Å². The number of rotatable bonds is 6. The molecule has 3 aromatic rings. The first-order chi connectivity index (χ1) is 17.7. The molecule has 0 saturated carbocycles. The Morgan fingerprint density at radius 1 is 0.838 bits per heavy atom. The fraction of sp³-hybridized carbons (Fsp3) is 0.160. The fourth-order valence-electron chi connectivity index (χ4n) is 3.91. The summed E-state index contributed by atoms with van der Waals surface area (Å²) >= 11 is 0. The molecular formula is C25H19F5N4O3. The van der Waals surface area contributed by atoms with Gasteiger partial charge in [-0.3, -0.25) is 14.9 Å². The van der Waals surface area contributed by atoms with Crippen LogP contribution < -0.4 is 15.1 Å². The second-order valence-electron chi connectivity index (χ2n) is 8.11. The number of piperazine rings is 1. The first-order valence-corrected chi connectivity index (χ1v) is 11.0. The highest BCUT2D eigenvalue weighted by Crippen LogP contribution is 2.31. The van der Waals surface area contributed by atoms with Crippen molar-refractivity contribution in [3.63, 3.8) is 0 Å². The molecule has 12 heteroatoms. The number of hydrogen-bond donors (Lipinski definition) is 1. The van der Waals surface area contributed by atoms with Gasteiger partial charge in [0.15, 0.2) is 23.3 Å². The first-order valence-electron chi connectivity index (χ1n) is 11.0. The zero-order valence-electron chi connectivity index (χ0n) is 19.1. The van der Waals surface area contributed by atoms with Gasteiger partial charge in [-0.2, -0.15) is 0 Å². The lowest BCUT2D eigenvalue weighted by Crippen LogP contribution is -2.47. The number of carbonyl (C=O) groups excluding carboxylic acids is 1. The molecule has 1 amide bonds. The van der Waals surface area contributed by atoms with Crippen LogP contribution in [0.4, 0.5) is 44.7 Å². The highest BCUT2D eigenvalue weighted by Gasteiger charge is 2.30. The molecule has 1 aliphatic heterocycles. The third-order valence-electron chi connectivity index (χ3n) is 5.79. The average Bonchev–Trinajstić information content (AvgIpc) is 2.91. The number of halogens is 5. The van der Waals surface area contributed by atoms with E-state index in [0.29, 0.717) is 11.3 Å². The summed E-state index contributed by atoms with van der Waals surface area (Å²) in [6, 6.07) is 12.5. The number of nitro groups is 1. The molecular weight excluding hydrogens is 499 g/mol. The van der Waals surface area contributed by atoms with E-state index in [1.165, 1.54) is 30.4 Å². The molecule has 1 saturated heterocycles. The number of non-ortho nitro benzene ring substituents is 1. The van der Waals surface area contributed by atoms with E-state index in [1.807, 2.05) is 4.90 Å². The number of anilines is 3. The van der Waals surface area contributed by atoms with Crippen LogP contribution in [-0.2, 0) is 4.79 Å². The summed E-state index contributed by atoms with van der Waals surface area (Å²) in [5.74, 6) is -10.3. The van der Waals surface area contributed by atoms with Crippen molar-refractivity contribution < 1.29 is 31.7 Å². The van der Waals surface area contributed by atoms with Crippen LogP contribution in [0.1, 0.15) is 5.56 Å². The molecule has 0 atom stereocenters. The zero-order valence-corrected chi connectivity index (χ0v) is 19.1. The van der Waals surface area contributed by atoms with E-state index < -0.39 is 45.6 Å². The Morgan fingerprint density at radius 3 is 2.00 bits per heavy atom. The van der Waals surface area contributed by atoms with Crippen molar-refractivity contribution in [3.8, 4) is 0 Å². The van der Waals surface area contributed by atoms with Crippen molar-refractivity contribution in [2.24, 2.45) is 0 Å². The number of amides is 1. The van der Waals surface area contributed by atoms with E-state index in [2.05, 4.69) is 5.32 Å². The van der Waals surface area contributed by atoms with Crippen LogP contribution in [0.2, 0.25) is 0 Å². The fourth-order valence-corrected chi connectivity index (χ4v) is 3.91. The number of benzene rings is 3. The lowest BCUT2D eigenvalue weighted by molar-refractivity contribution is -0.384. The molecule has 0 aliphatic carbocycles. The lowest BCUT2D eigenvalue weighted by Gasteiger charge is -2.37. The van der Waals surface area contributed by atoms with Gasteiger partial charge < -0.3 is 15.1 Å². The van der Waals surface area contributed by atoms with Crippen LogP contribution in [0.25, 0.3) is 6.08 Å². The number of nitrogens with one attached hydrogen (secondary N) is 1. The molecule has 1 N–H and O–H groups in total. The van der Waals surface area contributed by atoms with Crippen LogP contribution >= 0.6 is 0 Å². The second-order valence-corrected chi connectivity index (χ2v) is 8.11. The summed E-state index contributed by atoms with van der Waals surface area (Å²) in [7, 11) is 0. The van der Waals surface area contributed by atoms with Crippen molar-refractivity contribution >= 4 is 34.7 Å². The van der Waals surface area contributed by atoms with Gasteiger partial charge in [0.05, 0.1) is 4.92 Å². The van der Waals surface area contributed by atoms with Crippen molar-refractivity contribution in [1.29, 1.82) is 0 Å². The van der Waals surface area contributed by atoms with Gasteiger partial charge in [0.25, 0.3) is 5.69 Å². The summed E-state index contributed by atoms with van der Waals surface area (Å²) < 4.78 is 68.6. The van der Waals surface area contributed by atoms with Crippen LogP contribution in [0.3, 0.4) is 0 Å². The van der Waals surface area contributed by atoms with Gasteiger partial charge in [-0.25, -0.2) is 22.0 Å². The monoisotopic (exact) mass is 518 g/mol.